The SMILES string of the molecule is CCCNCC1(Cc2c(Cl)c(C)nn2C)CC2CCC1C2. The van der Waals surface area contributed by atoms with Gasteiger partial charge in [-0.3, -0.25) is 4.68 Å². The molecular formula is C17H28ClN3. The summed E-state index contributed by atoms with van der Waals surface area (Å²) in [4.78, 5) is 0. The Morgan fingerprint density at radius 1 is 1.43 bits per heavy atom. The molecule has 0 aliphatic heterocycles. The molecule has 3 atom stereocenters. The molecule has 3 rings (SSSR count). The lowest BCUT2D eigenvalue weighted by Crippen LogP contribution is -2.41. The van der Waals surface area contributed by atoms with Crippen LogP contribution < -0.4 is 5.32 Å². The summed E-state index contributed by atoms with van der Waals surface area (Å²) >= 11 is 6.51. The molecule has 1 heterocycles. The number of rotatable bonds is 6. The van der Waals surface area contributed by atoms with E-state index in [4.69, 9.17) is 11.6 Å². The molecule has 21 heavy (non-hydrogen) atoms. The minimum atomic E-state index is 0.405. The second kappa shape index (κ2) is 5.92. The fourth-order valence-corrected chi connectivity index (χ4v) is 5.00. The minimum Gasteiger partial charge on any atom is -0.316 e. The topological polar surface area (TPSA) is 29.9 Å². The van der Waals surface area contributed by atoms with Crippen LogP contribution in [0.2, 0.25) is 5.02 Å². The maximum atomic E-state index is 6.51. The fraction of sp³-hybridized carbons (Fsp3) is 0.824. The zero-order valence-electron chi connectivity index (χ0n) is 13.6. The van der Waals surface area contributed by atoms with Gasteiger partial charge in [0, 0.05) is 13.6 Å². The maximum Gasteiger partial charge on any atom is 0.0847 e. The van der Waals surface area contributed by atoms with E-state index in [1.807, 2.05) is 18.7 Å². The third-order valence-electron chi connectivity index (χ3n) is 5.79. The zero-order valence-corrected chi connectivity index (χ0v) is 14.3. The van der Waals surface area contributed by atoms with Gasteiger partial charge in [-0.05, 0) is 62.8 Å². The summed E-state index contributed by atoms with van der Waals surface area (Å²) in [6, 6.07) is 0. The van der Waals surface area contributed by atoms with Crippen LogP contribution in [0.25, 0.3) is 0 Å². The summed E-state index contributed by atoms with van der Waals surface area (Å²) in [5.41, 5.74) is 2.61. The Labute approximate surface area is 133 Å². The monoisotopic (exact) mass is 309 g/mol. The molecule has 2 aliphatic carbocycles. The van der Waals surface area contributed by atoms with Crippen molar-refractivity contribution in [2.75, 3.05) is 13.1 Å². The van der Waals surface area contributed by atoms with E-state index in [0.717, 1.165) is 42.1 Å². The predicted molar refractivity (Wildman–Crippen MR) is 87.7 cm³/mol. The summed E-state index contributed by atoms with van der Waals surface area (Å²) in [6.45, 7) is 6.51. The molecule has 2 bridgehead atoms. The number of halogens is 1. The van der Waals surface area contributed by atoms with Crippen LogP contribution in [0.15, 0.2) is 0 Å². The highest BCUT2D eigenvalue weighted by Gasteiger charge is 2.50. The first kappa shape index (κ1) is 15.4. The van der Waals surface area contributed by atoms with Crippen molar-refractivity contribution in [3.8, 4) is 0 Å². The first-order valence-corrected chi connectivity index (χ1v) is 8.82. The van der Waals surface area contributed by atoms with Crippen LogP contribution in [0.4, 0.5) is 0 Å². The van der Waals surface area contributed by atoms with Crippen LogP contribution in [0, 0.1) is 24.2 Å². The van der Waals surface area contributed by atoms with E-state index in [1.165, 1.54) is 37.8 Å². The van der Waals surface area contributed by atoms with Crippen molar-refractivity contribution < 1.29 is 0 Å². The highest BCUT2D eigenvalue weighted by molar-refractivity contribution is 6.31. The van der Waals surface area contributed by atoms with Crippen molar-refractivity contribution >= 4 is 11.6 Å². The molecule has 3 unspecified atom stereocenters. The molecule has 0 saturated heterocycles. The number of hydrogen-bond donors (Lipinski definition) is 1. The molecule has 3 nitrogen and oxygen atoms in total. The van der Waals surface area contributed by atoms with Crippen molar-refractivity contribution in [2.24, 2.45) is 24.3 Å². The van der Waals surface area contributed by atoms with Gasteiger partial charge in [0.2, 0.25) is 0 Å². The van der Waals surface area contributed by atoms with Gasteiger partial charge in [-0.1, -0.05) is 24.9 Å². The lowest BCUT2D eigenvalue weighted by molar-refractivity contribution is 0.153. The molecule has 1 aromatic rings. The highest BCUT2D eigenvalue weighted by atomic mass is 35.5. The van der Waals surface area contributed by atoms with Crippen LogP contribution in [0.5, 0.6) is 0 Å². The van der Waals surface area contributed by atoms with Crippen molar-refractivity contribution in [1.29, 1.82) is 0 Å². The number of aryl methyl sites for hydroxylation is 2. The van der Waals surface area contributed by atoms with Crippen LogP contribution >= 0.6 is 11.6 Å². The number of fused-ring (bicyclic) bond motifs is 2. The van der Waals surface area contributed by atoms with E-state index >= 15 is 0 Å². The van der Waals surface area contributed by atoms with Gasteiger partial charge < -0.3 is 5.32 Å². The van der Waals surface area contributed by atoms with Crippen LogP contribution in [-0.2, 0) is 13.5 Å². The van der Waals surface area contributed by atoms with Gasteiger partial charge in [0.15, 0.2) is 0 Å². The Kier molecular flexibility index (Phi) is 4.33. The number of hydrogen-bond acceptors (Lipinski definition) is 2. The third kappa shape index (κ3) is 2.75. The van der Waals surface area contributed by atoms with Crippen LogP contribution in [-0.4, -0.2) is 22.9 Å². The van der Waals surface area contributed by atoms with E-state index in [1.54, 1.807) is 0 Å². The molecule has 118 valence electrons. The lowest BCUT2D eigenvalue weighted by atomic mass is 9.70. The Morgan fingerprint density at radius 2 is 2.24 bits per heavy atom. The summed E-state index contributed by atoms with van der Waals surface area (Å²) in [6.07, 6.45) is 7.94. The van der Waals surface area contributed by atoms with Crippen molar-refractivity contribution in [3.05, 3.63) is 16.4 Å². The molecule has 2 aliphatic rings. The Morgan fingerprint density at radius 3 is 2.76 bits per heavy atom. The van der Waals surface area contributed by atoms with E-state index in [0.29, 0.717) is 5.41 Å². The Bertz CT molecular complexity index is 510. The second-order valence-corrected chi connectivity index (χ2v) is 7.64. The van der Waals surface area contributed by atoms with Gasteiger partial charge in [0.1, 0.15) is 0 Å². The number of nitrogens with one attached hydrogen (secondary N) is 1. The predicted octanol–water partition coefficient (Wildman–Crippen LogP) is 3.73. The molecule has 0 radical (unpaired) electrons. The zero-order chi connectivity index (χ0) is 15.0. The molecule has 0 spiro atoms. The van der Waals surface area contributed by atoms with Crippen molar-refractivity contribution in [2.45, 2.75) is 52.4 Å². The van der Waals surface area contributed by atoms with Gasteiger partial charge in [-0.2, -0.15) is 5.10 Å². The number of nitrogens with zero attached hydrogens (tertiary/aromatic N) is 2. The molecule has 0 aromatic carbocycles. The third-order valence-corrected chi connectivity index (χ3v) is 6.28. The molecule has 1 aromatic heterocycles. The average molecular weight is 310 g/mol. The fourth-order valence-electron chi connectivity index (χ4n) is 4.77. The van der Waals surface area contributed by atoms with E-state index < -0.39 is 0 Å². The van der Waals surface area contributed by atoms with Gasteiger partial charge >= 0.3 is 0 Å². The van der Waals surface area contributed by atoms with Gasteiger partial charge in [-0.15, -0.1) is 0 Å². The summed E-state index contributed by atoms with van der Waals surface area (Å²) in [5.74, 6) is 1.82. The Balaban J connectivity index is 1.82. The maximum absolute atomic E-state index is 6.51. The van der Waals surface area contributed by atoms with Gasteiger partial charge in [0.25, 0.3) is 0 Å². The van der Waals surface area contributed by atoms with Gasteiger partial charge in [0.05, 0.1) is 16.4 Å². The molecule has 2 saturated carbocycles. The standard InChI is InChI=1S/C17H28ClN3/c1-4-7-19-11-17(9-13-5-6-14(17)8-13)10-15-16(18)12(2)20-21(15)3/h13-14,19H,4-11H2,1-3H3. The molecule has 2 fully saturated rings. The Hall–Kier alpha value is -0.540. The van der Waals surface area contributed by atoms with Gasteiger partial charge in [-0.25, -0.2) is 0 Å². The molecule has 1 N–H and O–H groups in total. The summed E-state index contributed by atoms with van der Waals surface area (Å²) in [7, 11) is 2.04. The van der Waals surface area contributed by atoms with E-state index in [2.05, 4.69) is 17.3 Å². The first-order valence-electron chi connectivity index (χ1n) is 8.44. The minimum absolute atomic E-state index is 0.405. The smallest absolute Gasteiger partial charge is 0.0847 e. The van der Waals surface area contributed by atoms with Crippen LogP contribution in [0.1, 0.15) is 50.4 Å². The highest BCUT2D eigenvalue weighted by Crippen LogP contribution is 2.57. The average Bonchev–Trinajstić information content (AvgIpc) is 3.10. The largest absolute Gasteiger partial charge is 0.316 e. The summed E-state index contributed by atoms with van der Waals surface area (Å²) < 4.78 is 2.01. The first-order chi connectivity index (χ1) is 10.1. The second-order valence-electron chi connectivity index (χ2n) is 7.27. The lowest BCUT2D eigenvalue weighted by Gasteiger charge is -2.38. The number of aromatic nitrogens is 2. The van der Waals surface area contributed by atoms with Crippen molar-refractivity contribution in [3.63, 3.8) is 0 Å². The van der Waals surface area contributed by atoms with E-state index in [-0.39, 0.29) is 0 Å². The van der Waals surface area contributed by atoms with Crippen LogP contribution in [0.3, 0.4) is 0 Å². The molecular weight excluding hydrogens is 282 g/mol. The summed E-state index contributed by atoms with van der Waals surface area (Å²) in [5, 5.41) is 9.09. The van der Waals surface area contributed by atoms with E-state index in [9.17, 15) is 0 Å². The normalized spacial score (nSPS) is 31.2. The molecule has 0 amide bonds. The molecule has 4 heteroatoms. The quantitative estimate of drug-likeness (QED) is 0.811. The van der Waals surface area contributed by atoms with Crippen molar-refractivity contribution in [1.82, 2.24) is 15.1 Å².